The number of hydrogen-bond acceptors (Lipinski definition) is 7. The number of piperidine rings is 1. The summed E-state index contributed by atoms with van der Waals surface area (Å²) in [7, 11) is 2.95. The Labute approximate surface area is 288 Å². The maximum absolute atomic E-state index is 14.3. The summed E-state index contributed by atoms with van der Waals surface area (Å²) in [5.74, 6) is 3.35. The number of benzene rings is 3. The summed E-state index contributed by atoms with van der Waals surface area (Å²) in [6.07, 6.45) is 2.56. The summed E-state index contributed by atoms with van der Waals surface area (Å²) >= 11 is 0. The van der Waals surface area contributed by atoms with E-state index in [1.54, 1.807) is 21.3 Å². The molecule has 3 aromatic rings. The van der Waals surface area contributed by atoms with E-state index >= 15 is 0 Å². The Morgan fingerprint density at radius 3 is 2.15 bits per heavy atom. The lowest BCUT2D eigenvalue weighted by Gasteiger charge is -2.37. The van der Waals surface area contributed by atoms with Crippen LogP contribution in [0.4, 0.5) is 5.69 Å². The van der Waals surface area contributed by atoms with Crippen LogP contribution in [0, 0.1) is 5.92 Å². The number of amides is 1. The van der Waals surface area contributed by atoms with Crippen LogP contribution < -0.4 is 34.2 Å². The van der Waals surface area contributed by atoms with Gasteiger partial charge in [-0.05, 0) is 79.7 Å². The highest BCUT2D eigenvalue weighted by atomic mass is 28.4. The molecular weight excluding hydrogens is 619 g/mol. The number of methoxy groups -OCH3 is 3. The van der Waals surface area contributed by atoms with Gasteiger partial charge in [0.1, 0.15) is 5.75 Å². The molecule has 2 aliphatic heterocycles. The molecule has 0 bridgehead atoms. The number of rotatable bonds is 12. The number of nitrogens with one attached hydrogen (secondary N) is 2. The third kappa shape index (κ3) is 7.47. The fourth-order valence-electron chi connectivity index (χ4n) is 7.02. The van der Waals surface area contributed by atoms with E-state index in [1.165, 1.54) is 5.56 Å². The van der Waals surface area contributed by atoms with Crippen molar-refractivity contribution in [2.45, 2.75) is 69.5 Å². The third-order valence-electron chi connectivity index (χ3n) is 11.0. The van der Waals surface area contributed by atoms with E-state index in [1.807, 2.05) is 30.3 Å². The Morgan fingerprint density at radius 1 is 0.958 bits per heavy atom. The van der Waals surface area contributed by atoms with Crippen molar-refractivity contribution < 1.29 is 23.4 Å². The van der Waals surface area contributed by atoms with E-state index in [-0.39, 0.29) is 16.9 Å². The second-order valence-electron chi connectivity index (χ2n) is 14.8. The molecular formula is C39H55N3O5Si. The second kappa shape index (κ2) is 14.8. The van der Waals surface area contributed by atoms with Crippen LogP contribution in [0.5, 0.6) is 23.0 Å². The molecule has 2 aliphatic rings. The van der Waals surface area contributed by atoms with Gasteiger partial charge in [0.05, 0.1) is 26.7 Å². The maximum Gasteiger partial charge on any atom is 0.250 e. The van der Waals surface area contributed by atoms with Crippen molar-refractivity contribution in [3.05, 3.63) is 77.9 Å². The Balaban J connectivity index is 1.42. The summed E-state index contributed by atoms with van der Waals surface area (Å²) in [5, 5.41) is 7.05. The van der Waals surface area contributed by atoms with E-state index in [0.717, 1.165) is 62.4 Å². The topological polar surface area (TPSA) is 81.3 Å². The van der Waals surface area contributed by atoms with Crippen molar-refractivity contribution in [1.29, 1.82) is 0 Å². The molecule has 260 valence electrons. The van der Waals surface area contributed by atoms with Crippen molar-refractivity contribution in [2.24, 2.45) is 5.92 Å². The zero-order chi connectivity index (χ0) is 34.5. The first-order chi connectivity index (χ1) is 22.9. The van der Waals surface area contributed by atoms with Gasteiger partial charge in [0, 0.05) is 43.4 Å². The van der Waals surface area contributed by atoms with Gasteiger partial charge in [-0.2, -0.15) is 0 Å². The number of nitrogens with zero attached hydrogens (tertiary/aromatic N) is 1. The monoisotopic (exact) mass is 673 g/mol. The molecule has 2 N–H and O–H groups in total. The van der Waals surface area contributed by atoms with Gasteiger partial charge in [-0.1, -0.05) is 63.2 Å². The molecule has 0 saturated carbocycles. The Bertz CT molecular complexity index is 1490. The smallest absolute Gasteiger partial charge is 0.250 e. The first kappa shape index (κ1) is 35.6. The van der Waals surface area contributed by atoms with Crippen LogP contribution in [-0.2, 0) is 10.2 Å². The summed E-state index contributed by atoms with van der Waals surface area (Å²) in [5.41, 5.74) is 2.82. The second-order valence-corrected chi connectivity index (χ2v) is 19.5. The van der Waals surface area contributed by atoms with Gasteiger partial charge in [-0.25, -0.2) is 0 Å². The molecule has 0 aliphatic carbocycles. The van der Waals surface area contributed by atoms with Crippen LogP contribution >= 0.6 is 0 Å². The quantitative estimate of drug-likeness (QED) is 0.198. The Morgan fingerprint density at radius 2 is 1.58 bits per heavy atom. The van der Waals surface area contributed by atoms with Gasteiger partial charge in [-0.15, -0.1) is 0 Å². The lowest BCUT2D eigenvalue weighted by atomic mass is 9.72. The fourth-order valence-corrected chi connectivity index (χ4v) is 8.05. The molecule has 2 fully saturated rings. The van der Waals surface area contributed by atoms with E-state index in [2.05, 4.69) is 85.8 Å². The van der Waals surface area contributed by atoms with Gasteiger partial charge in [0.2, 0.25) is 20.0 Å². The first-order valence-corrected chi connectivity index (χ1v) is 20.2. The highest BCUT2D eigenvalue weighted by Crippen LogP contribution is 2.44. The van der Waals surface area contributed by atoms with Crippen LogP contribution in [0.3, 0.4) is 0 Å². The minimum absolute atomic E-state index is 0.113. The van der Waals surface area contributed by atoms with Crippen molar-refractivity contribution in [2.75, 3.05) is 59.0 Å². The summed E-state index contributed by atoms with van der Waals surface area (Å²) in [6.45, 7) is 15.3. The largest absolute Gasteiger partial charge is 0.544 e. The summed E-state index contributed by atoms with van der Waals surface area (Å²) in [6, 6.07) is 23.0. The zero-order valence-electron chi connectivity index (χ0n) is 30.2. The Hall–Kier alpha value is -3.69. The minimum Gasteiger partial charge on any atom is -0.544 e. The molecule has 2 saturated heterocycles. The standard InChI is InChI=1S/C39H55N3O5Si/c1-38(2,3)48(7,8)47-32-16-14-28(15-17-32)33(26-41-37(43)39(19-21-40-22-20-39)30-12-10-9-11-13-30)29-18-23-42(27-29)31-24-34(44-4)36(46-6)35(25-31)45-5/h9-17,24-25,29,33,40H,18-23,26-27H2,1-8H3,(H,41,43). The van der Waals surface area contributed by atoms with Gasteiger partial charge in [0.25, 0.3) is 0 Å². The number of anilines is 1. The third-order valence-corrected chi connectivity index (χ3v) is 15.4. The molecule has 2 heterocycles. The lowest BCUT2D eigenvalue weighted by Crippen LogP contribution is -2.51. The fraction of sp³-hybridized carbons (Fsp3) is 0.513. The van der Waals surface area contributed by atoms with Gasteiger partial charge >= 0.3 is 0 Å². The van der Waals surface area contributed by atoms with Gasteiger partial charge in [0.15, 0.2) is 11.5 Å². The molecule has 2 atom stereocenters. The first-order valence-electron chi connectivity index (χ1n) is 17.3. The SMILES string of the molecule is COc1cc(N2CCC(C(CNC(=O)C3(c4ccccc4)CCNCC3)c3ccc(O[Si](C)(C)C(C)(C)C)cc3)C2)cc(OC)c1OC. The maximum atomic E-state index is 14.3. The molecule has 48 heavy (non-hydrogen) atoms. The predicted molar refractivity (Wildman–Crippen MR) is 197 cm³/mol. The van der Waals surface area contributed by atoms with Crippen LogP contribution in [0.15, 0.2) is 66.7 Å². The van der Waals surface area contributed by atoms with E-state index in [0.29, 0.717) is 29.7 Å². The molecule has 1 amide bonds. The van der Waals surface area contributed by atoms with Crippen LogP contribution in [0.1, 0.15) is 57.1 Å². The molecule has 5 rings (SSSR count). The number of carbonyl (C=O) groups is 1. The number of ether oxygens (including phenoxy) is 3. The molecule has 9 heteroatoms. The molecule has 0 aromatic heterocycles. The molecule has 0 radical (unpaired) electrons. The zero-order valence-corrected chi connectivity index (χ0v) is 31.2. The molecule has 2 unspecified atom stereocenters. The average molecular weight is 674 g/mol. The highest BCUT2D eigenvalue weighted by Gasteiger charge is 2.42. The Kier molecular flexibility index (Phi) is 11.0. The van der Waals surface area contributed by atoms with Crippen molar-refractivity contribution in [3.8, 4) is 23.0 Å². The van der Waals surface area contributed by atoms with E-state index in [4.69, 9.17) is 18.6 Å². The number of hydrogen-bond donors (Lipinski definition) is 2. The highest BCUT2D eigenvalue weighted by molar-refractivity contribution is 6.74. The predicted octanol–water partition coefficient (Wildman–Crippen LogP) is 7.14. The van der Waals surface area contributed by atoms with E-state index < -0.39 is 13.7 Å². The average Bonchev–Trinajstić information content (AvgIpc) is 3.58. The minimum atomic E-state index is -1.97. The number of carbonyl (C=O) groups excluding carboxylic acids is 1. The van der Waals surface area contributed by atoms with Gasteiger partial charge in [-0.3, -0.25) is 4.79 Å². The lowest BCUT2D eigenvalue weighted by molar-refractivity contribution is -0.128. The van der Waals surface area contributed by atoms with Crippen LogP contribution in [-0.4, -0.2) is 68.3 Å². The van der Waals surface area contributed by atoms with E-state index in [9.17, 15) is 4.79 Å². The molecule has 8 nitrogen and oxygen atoms in total. The van der Waals surface area contributed by atoms with Crippen molar-refractivity contribution in [1.82, 2.24) is 10.6 Å². The van der Waals surface area contributed by atoms with Crippen molar-refractivity contribution >= 4 is 19.9 Å². The summed E-state index contributed by atoms with van der Waals surface area (Å²) in [4.78, 5) is 16.6. The normalized spacial score (nSPS) is 18.6. The molecule has 3 aromatic carbocycles. The van der Waals surface area contributed by atoms with Crippen molar-refractivity contribution in [3.63, 3.8) is 0 Å². The van der Waals surface area contributed by atoms with Crippen LogP contribution in [0.25, 0.3) is 0 Å². The van der Waals surface area contributed by atoms with Crippen LogP contribution in [0.2, 0.25) is 18.1 Å². The van der Waals surface area contributed by atoms with Gasteiger partial charge < -0.3 is 34.2 Å². The summed E-state index contributed by atoms with van der Waals surface area (Å²) < 4.78 is 23.5. The molecule has 0 spiro atoms.